The summed E-state index contributed by atoms with van der Waals surface area (Å²) in [7, 11) is 1.74. The summed E-state index contributed by atoms with van der Waals surface area (Å²) in [6, 6.07) is 9.13. The van der Waals surface area contributed by atoms with Crippen molar-refractivity contribution < 1.29 is 9.84 Å². The van der Waals surface area contributed by atoms with E-state index in [1.807, 2.05) is 24.3 Å². The van der Waals surface area contributed by atoms with Crippen LogP contribution in [0.2, 0.25) is 0 Å². The Labute approximate surface area is 111 Å². The quantitative estimate of drug-likeness (QED) is 0.753. The van der Waals surface area contributed by atoms with Crippen LogP contribution in [0.5, 0.6) is 11.6 Å². The molecular weight excluding hydrogens is 244 g/mol. The lowest BCUT2D eigenvalue weighted by atomic mass is 10.1. The molecule has 0 radical (unpaired) electrons. The molecule has 0 saturated carbocycles. The third kappa shape index (κ3) is 3.32. The fourth-order valence-corrected chi connectivity index (χ4v) is 1.67. The van der Waals surface area contributed by atoms with Gasteiger partial charge in [-0.3, -0.25) is 0 Å². The third-order valence-electron chi connectivity index (χ3n) is 2.54. The Morgan fingerprint density at radius 3 is 2.84 bits per heavy atom. The summed E-state index contributed by atoms with van der Waals surface area (Å²) in [5.41, 5.74) is 6.51. The van der Waals surface area contributed by atoms with Gasteiger partial charge in [-0.25, -0.2) is 0 Å². The number of aliphatic hydroxyl groups is 1. The standard InChI is InChI=1S/C13H16N4O2/c1-15-11-8-12(17-13(14)16-11)19-10-5-3-2-4-9(10)6-7-18/h2-5,8,18H,6-7H2,1H3,(H3,14,15,16,17). The summed E-state index contributed by atoms with van der Waals surface area (Å²) in [6.45, 7) is 0.0635. The molecule has 0 saturated heterocycles. The highest BCUT2D eigenvalue weighted by Crippen LogP contribution is 2.25. The fourth-order valence-electron chi connectivity index (χ4n) is 1.67. The fraction of sp³-hybridized carbons (Fsp3) is 0.231. The smallest absolute Gasteiger partial charge is 0.226 e. The second kappa shape index (κ2) is 6.01. The Hall–Kier alpha value is -2.34. The highest BCUT2D eigenvalue weighted by atomic mass is 16.5. The molecule has 0 atom stereocenters. The van der Waals surface area contributed by atoms with Crippen molar-refractivity contribution in [1.82, 2.24) is 9.97 Å². The highest BCUT2D eigenvalue weighted by Gasteiger charge is 2.07. The maximum atomic E-state index is 9.03. The lowest BCUT2D eigenvalue weighted by Crippen LogP contribution is -2.02. The lowest BCUT2D eigenvalue weighted by molar-refractivity contribution is 0.297. The number of hydrogen-bond acceptors (Lipinski definition) is 6. The number of rotatable bonds is 5. The number of nitrogen functional groups attached to an aromatic ring is 1. The van der Waals surface area contributed by atoms with Crippen LogP contribution >= 0.6 is 0 Å². The molecule has 0 aliphatic heterocycles. The van der Waals surface area contributed by atoms with E-state index in [0.29, 0.717) is 23.9 Å². The van der Waals surface area contributed by atoms with Gasteiger partial charge < -0.3 is 20.9 Å². The molecule has 0 amide bonds. The van der Waals surface area contributed by atoms with Crippen molar-refractivity contribution >= 4 is 11.8 Å². The zero-order valence-corrected chi connectivity index (χ0v) is 10.6. The molecule has 6 nitrogen and oxygen atoms in total. The van der Waals surface area contributed by atoms with Crippen molar-refractivity contribution in [1.29, 1.82) is 0 Å². The van der Waals surface area contributed by atoms with Gasteiger partial charge in [0.2, 0.25) is 11.8 Å². The van der Waals surface area contributed by atoms with Gasteiger partial charge in [0.15, 0.2) is 0 Å². The van der Waals surface area contributed by atoms with Crippen LogP contribution in [0.15, 0.2) is 30.3 Å². The number of nitrogens with one attached hydrogen (secondary N) is 1. The Morgan fingerprint density at radius 1 is 1.32 bits per heavy atom. The topological polar surface area (TPSA) is 93.3 Å². The monoisotopic (exact) mass is 260 g/mol. The van der Waals surface area contributed by atoms with Gasteiger partial charge in [-0.1, -0.05) is 18.2 Å². The molecule has 4 N–H and O–H groups in total. The molecule has 0 aliphatic carbocycles. The molecule has 1 heterocycles. The van der Waals surface area contributed by atoms with Gasteiger partial charge >= 0.3 is 0 Å². The van der Waals surface area contributed by atoms with Crippen LogP contribution in [0.25, 0.3) is 0 Å². The molecular formula is C13H16N4O2. The zero-order valence-electron chi connectivity index (χ0n) is 10.6. The van der Waals surface area contributed by atoms with E-state index < -0.39 is 0 Å². The van der Waals surface area contributed by atoms with E-state index in [9.17, 15) is 0 Å². The van der Waals surface area contributed by atoms with E-state index in [1.165, 1.54) is 0 Å². The molecule has 100 valence electrons. The van der Waals surface area contributed by atoms with E-state index in [2.05, 4.69) is 15.3 Å². The minimum atomic E-state index is 0.0635. The molecule has 1 aromatic heterocycles. The third-order valence-corrected chi connectivity index (χ3v) is 2.54. The highest BCUT2D eigenvalue weighted by molar-refractivity contribution is 5.44. The van der Waals surface area contributed by atoms with Crippen molar-refractivity contribution in [3.8, 4) is 11.6 Å². The van der Waals surface area contributed by atoms with E-state index in [-0.39, 0.29) is 12.6 Å². The van der Waals surface area contributed by atoms with Gasteiger partial charge in [-0.15, -0.1) is 0 Å². The summed E-state index contributed by atoms with van der Waals surface area (Å²) >= 11 is 0. The zero-order chi connectivity index (χ0) is 13.7. The minimum Gasteiger partial charge on any atom is -0.438 e. The number of benzene rings is 1. The van der Waals surface area contributed by atoms with Crippen LogP contribution in [0.4, 0.5) is 11.8 Å². The number of nitrogens with two attached hydrogens (primary N) is 1. The molecule has 0 aliphatic rings. The Kier molecular flexibility index (Phi) is 4.15. The van der Waals surface area contributed by atoms with E-state index in [0.717, 1.165) is 5.56 Å². The molecule has 2 rings (SSSR count). The lowest BCUT2D eigenvalue weighted by Gasteiger charge is -2.10. The summed E-state index contributed by atoms with van der Waals surface area (Å²) in [5, 5.41) is 11.9. The molecule has 0 unspecified atom stereocenters. The van der Waals surface area contributed by atoms with Crippen molar-refractivity contribution in [2.24, 2.45) is 0 Å². The van der Waals surface area contributed by atoms with Gasteiger partial charge in [0, 0.05) is 19.7 Å². The van der Waals surface area contributed by atoms with Gasteiger partial charge in [-0.2, -0.15) is 9.97 Å². The van der Waals surface area contributed by atoms with Crippen LogP contribution in [-0.2, 0) is 6.42 Å². The summed E-state index contributed by atoms with van der Waals surface area (Å²) in [5.74, 6) is 1.74. The molecule has 19 heavy (non-hydrogen) atoms. The molecule has 0 fully saturated rings. The largest absolute Gasteiger partial charge is 0.438 e. The first-order valence-electron chi connectivity index (χ1n) is 5.92. The van der Waals surface area contributed by atoms with E-state index in [4.69, 9.17) is 15.6 Å². The van der Waals surface area contributed by atoms with Crippen LogP contribution in [0.3, 0.4) is 0 Å². The number of aliphatic hydroxyl groups excluding tert-OH is 1. The van der Waals surface area contributed by atoms with Gasteiger partial charge in [0.25, 0.3) is 0 Å². The van der Waals surface area contributed by atoms with Crippen LogP contribution in [-0.4, -0.2) is 28.7 Å². The average molecular weight is 260 g/mol. The minimum absolute atomic E-state index is 0.0635. The Morgan fingerprint density at radius 2 is 2.11 bits per heavy atom. The first-order chi connectivity index (χ1) is 9.22. The summed E-state index contributed by atoms with van der Waals surface area (Å²) < 4.78 is 5.70. The molecule has 6 heteroatoms. The predicted molar refractivity (Wildman–Crippen MR) is 73.3 cm³/mol. The maximum Gasteiger partial charge on any atom is 0.226 e. The maximum absolute atomic E-state index is 9.03. The second-order valence-corrected chi connectivity index (χ2v) is 3.88. The predicted octanol–water partition coefficient (Wildman–Crippen LogP) is 1.43. The van der Waals surface area contributed by atoms with Crippen molar-refractivity contribution in [2.75, 3.05) is 24.7 Å². The van der Waals surface area contributed by atoms with Crippen molar-refractivity contribution in [2.45, 2.75) is 6.42 Å². The molecule has 0 bridgehead atoms. The molecule has 2 aromatic rings. The van der Waals surface area contributed by atoms with Gasteiger partial charge in [0.05, 0.1) is 0 Å². The molecule has 0 spiro atoms. The number of aromatic nitrogens is 2. The van der Waals surface area contributed by atoms with Crippen molar-refractivity contribution in [3.05, 3.63) is 35.9 Å². The van der Waals surface area contributed by atoms with Crippen molar-refractivity contribution in [3.63, 3.8) is 0 Å². The summed E-state index contributed by atoms with van der Waals surface area (Å²) in [4.78, 5) is 8.01. The van der Waals surface area contributed by atoms with Crippen LogP contribution in [0.1, 0.15) is 5.56 Å². The molecule has 1 aromatic carbocycles. The van der Waals surface area contributed by atoms with E-state index in [1.54, 1.807) is 13.1 Å². The first-order valence-corrected chi connectivity index (χ1v) is 5.92. The SMILES string of the molecule is CNc1cc(Oc2ccccc2CCO)nc(N)n1. The number of nitrogens with zero attached hydrogens (tertiary/aromatic N) is 2. The first kappa shape index (κ1) is 13.1. The van der Waals surface area contributed by atoms with E-state index >= 15 is 0 Å². The van der Waals surface area contributed by atoms with Gasteiger partial charge in [-0.05, 0) is 18.1 Å². The normalized spacial score (nSPS) is 10.2. The number of hydrogen-bond donors (Lipinski definition) is 3. The Bertz CT molecular complexity index is 560. The average Bonchev–Trinajstić information content (AvgIpc) is 2.40. The number of ether oxygens (including phenoxy) is 1. The van der Waals surface area contributed by atoms with Crippen LogP contribution in [0, 0.1) is 0 Å². The second-order valence-electron chi connectivity index (χ2n) is 3.88. The number of para-hydroxylation sites is 1. The Balaban J connectivity index is 2.28. The number of anilines is 2. The van der Waals surface area contributed by atoms with Gasteiger partial charge in [0.1, 0.15) is 11.6 Å². The summed E-state index contributed by atoms with van der Waals surface area (Å²) in [6.07, 6.45) is 0.523. The van der Waals surface area contributed by atoms with Crippen LogP contribution < -0.4 is 15.8 Å².